The van der Waals surface area contributed by atoms with Crippen molar-refractivity contribution in [2.24, 2.45) is 0 Å². The molecule has 0 aliphatic carbocycles. The number of methoxy groups -OCH3 is 2. The maximum atomic E-state index is 12.7. The van der Waals surface area contributed by atoms with Crippen LogP contribution in [0.15, 0.2) is 12.1 Å². The van der Waals surface area contributed by atoms with E-state index < -0.39 is 0 Å². The van der Waals surface area contributed by atoms with Crippen LogP contribution in [-0.2, 0) is 6.42 Å². The van der Waals surface area contributed by atoms with Crippen molar-refractivity contribution in [2.75, 3.05) is 60.0 Å². The molecule has 30 heavy (non-hydrogen) atoms. The first-order valence-electron chi connectivity index (χ1n) is 11.3. The van der Waals surface area contributed by atoms with Gasteiger partial charge in [0.05, 0.1) is 20.3 Å². The molecule has 168 valence electrons. The summed E-state index contributed by atoms with van der Waals surface area (Å²) in [4.78, 5) is 17.7. The van der Waals surface area contributed by atoms with E-state index in [1.165, 1.54) is 0 Å². The Labute approximate surface area is 180 Å². The smallest absolute Gasteiger partial charge is 0.251 e. The molecule has 2 heterocycles. The summed E-state index contributed by atoms with van der Waals surface area (Å²) < 4.78 is 11.0. The largest absolute Gasteiger partial charge is 0.493 e. The molecule has 1 aromatic carbocycles. The molecule has 3 atom stereocenters. The zero-order chi connectivity index (χ0) is 21.3. The molecule has 2 N–H and O–H groups in total. The number of fused-ring (bicyclic) bond motifs is 5. The van der Waals surface area contributed by atoms with E-state index in [0.717, 1.165) is 83.4 Å². The van der Waals surface area contributed by atoms with Crippen molar-refractivity contribution < 1.29 is 19.4 Å². The van der Waals surface area contributed by atoms with Crippen molar-refractivity contribution in [1.82, 2.24) is 15.1 Å². The van der Waals surface area contributed by atoms with Gasteiger partial charge in [0.15, 0.2) is 11.5 Å². The van der Waals surface area contributed by atoms with Gasteiger partial charge >= 0.3 is 0 Å². The van der Waals surface area contributed by atoms with Gasteiger partial charge in [-0.25, -0.2) is 0 Å². The third kappa shape index (κ3) is 6.33. The van der Waals surface area contributed by atoms with Crippen LogP contribution in [0, 0.1) is 0 Å². The van der Waals surface area contributed by atoms with Crippen molar-refractivity contribution in [3.8, 4) is 11.5 Å². The topological polar surface area (TPSA) is 74.3 Å². The van der Waals surface area contributed by atoms with Crippen LogP contribution in [0.3, 0.4) is 0 Å². The Morgan fingerprint density at radius 2 is 1.67 bits per heavy atom. The van der Waals surface area contributed by atoms with Gasteiger partial charge in [0, 0.05) is 31.7 Å². The van der Waals surface area contributed by atoms with Crippen LogP contribution >= 0.6 is 0 Å². The third-order valence-corrected chi connectivity index (χ3v) is 6.20. The lowest BCUT2D eigenvalue weighted by atomic mass is 10.0. The fourth-order valence-electron chi connectivity index (χ4n) is 4.44. The number of hydrogen-bond donors (Lipinski definition) is 2. The monoisotopic (exact) mass is 419 g/mol. The minimum atomic E-state index is -0.303. The van der Waals surface area contributed by atoms with Crippen LogP contribution in [0.5, 0.6) is 11.5 Å². The lowest BCUT2D eigenvalue weighted by molar-refractivity contribution is 0.0950. The molecule has 0 spiro atoms. The number of carbonyl (C=O) groups is 1. The maximum absolute atomic E-state index is 12.7. The summed E-state index contributed by atoms with van der Waals surface area (Å²) in [6, 6.07) is 3.64. The molecule has 0 aromatic heterocycles. The van der Waals surface area contributed by atoms with Gasteiger partial charge in [0.25, 0.3) is 5.91 Å². The number of amides is 1. The van der Waals surface area contributed by atoms with Crippen molar-refractivity contribution in [3.63, 3.8) is 0 Å². The molecule has 1 saturated heterocycles. The highest BCUT2D eigenvalue weighted by Gasteiger charge is 2.19. The number of ether oxygens (including phenoxy) is 2. The number of nitrogens with zero attached hydrogens (tertiary/aromatic N) is 2. The fraction of sp³-hybridized carbons (Fsp3) is 0.696. The van der Waals surface area contributed by atoms with Crippen LogP contribution in [0.2, 0.25) is 0 Å². The average Bonchev–Trinajstić information content (AvgIpc) is 2.99. The minimum Gasteiger partial charge on any atom is -0.493 e. The van der Waals surface area contributed by atoms with Gasteiger partial charge in [-0.1, -0.05) is 0 Å². The lowest BCUT2D eigenvalue weighted by Crippen LogP contribution is -2.34. The number of aliphatic hydroxyl groups is 1. The van der Waals surface area contributed by atoms with Gasteiger partial charge in [0.2, 0.25) is 0 Å². The minimum absolute atomic E-state index is 0.0830. The second-order valence-corrected chi connectivity index (χ2v) is 8.35. The number of rotatable bonds is 2. The Hall–Kier alpha value is -1.83. The molecule has 1 fully saturated rings. The molecular formula is C23H37N3O4. The van der Waals surface area contributed by atoms with Crippen molar-refractivity contribution in [2.45, 2.75) is 44.6 Å². The van der Waals surface area contributed by atoms with Crippen LogP contribution in [0.4, 0.5) is 0 Å². The van der Waals surface area contributed by atoms with E-state index in [1.54, 1.807) is 20.3 Å². The van der Waals surface area contributed by atoms with E-state index in [4.69, 9.17) is 9.47 Å². The Kier molecular flexibility index (Phi) is 8.78. The van der Waals surface area contributed by atoms with Gasteiger partial charge < -0.3 is 29.7 Å². The number of aliphatic hydroxyl groups excluding tert-OH is 1. The summed E-state index contributed by atoms with van der Waals surface area (Å²) in [5.74, 6) is 1.16. The summed E-state index contributed by atoms with van der Waals surface area (Å²) in [6.07, 6.45) is 4.90. The summed E-state index contributed by atoms with van der Waals surface area (Å²) in [6.45, 7) is 6.93. The predicted molar refractivity (Wildman–Crippen MR) is 118 cm³/mol. The molecule has 2 aliphatic rings. The number of carbonyl (C=O) groups excluding carboxylic acids is 1. The van der Waals surface area contributed by atoms with Gasteiger partial charge in [-0.15, -0.1) is 0 Å². The molecule has 7 nitrogen and oxygen atoms in total. The van der Waals surface area contributed by atoms with Gasteiger partial charge in [-0.2, -0.15) is 0 Å². The lowest BCUT2D eigenvalue weighted by Gasteiger charge is -2.23. The van der Waals surface area contributed by atoms with Crippen molar-refractivity contribution in [1.29, 1.82) is 0 Å². The molecule has 1 amide bonds. The first-order valence-corrected chi connectivity index (χ1v) is 11.3. The Morgan fingerprint density at radius 1 is 0.933 bits per heavy atom. The molecule has 4 bridgehead atoms. The fourth-order valence-corrected chi connectivity index (χ4v) is 4.44. The number of nitrogens with one attached hydrogen (secondary N) is 1. The molecule has 1 aromatic rings. The average molecular weight is 420 g/mol. The number of aryl methyl sites for hydroxylation is 1. The highest BCUT2D eigenvalue weighted by atomic mass is 16.5. The number of benzene rings is 1. The molecule has 2 aliphatic heterocycles. The van der Waals surface area contributed by atoms with Crippen LogP contribution < -0.4 is 14.8 Å². The first kappa shape index (κ1) is 22.8. The van der Waals surface area contributed by atoms with Crippen molar-refractivity contribution in [3.05, 3.63) is 23.3 Å². The van der Waals surface area contributed by atoms with Crippen LogP contribution in [0.25, 0.3) is 0 Å². The van der Waals surface area contributed by atoms with E-state index in [2.05, 4.69) is 15.1 Å². The zero-order valence-electron chi connectivity index (χ0n) is 18.5. The van der Waals surface area contributed by atoms with Crippen molar-refractivity contribution >= 4 is 5.91 Å². The van der Waals surface area contributed by atoms with E-state index in [-0.39, 0.29) is 12.0 Å². The first-order chi connectivity index (χ1) is 14.6. The van der Waals surface area contributed by atoms with Gasteiger partial charge in [0.1, 0.15) is 0 Å². The van der Waals surface area contributed by atoms with Gasteiger partial charge in [-0.05, 0) is 75.9 Å². The molecule has 2 unspecified atom stereocenters. The molecule has 3 rings (SSSR count). The molecule has 0 saturated carbocycles. The number of hydrogen-bond acceptors (Lipinski definition) is 6. The Morgan fingerprint density at radius 3 is 2.40 bits per heavy atom. The van der Waals surface area contributed by atoms with E-state index in [0.29, 0.717) is 23.6 Å². The van der Waals surface area contributed by atoms with Gasteiger partial charge in [-0.3, -0.25) is 4.79 Å². The summed E-state index contributed by atoms with van der Waals surface area (Å²) in [5.41, 5.74) is 1.54. The van der Waals surface area contributed by atoms with Crippen LogP contribution in [0.1, 0.15) is 48.0 Å². The zero-order valence-corrected chi connectivity index (χ0v) is 18.5. The summed E-state index contributed by atoms with van der Waals surface area (Å²) in [5, 5.41) is 13.5. The highest BCUT2D eigenvalue weighted by Crippen LogP contribution is 2.34. The summed E-state index contributed by atoms with van der Waals surface area (Å²) in [7, 11) is 3.21. The predicted octanol–water partition coefficient (Wildman–Crippen LogP) is 1.92. The Bertz CT molecular complexity index is 697. The molecule has 7 heteroatoms. The summed E-state index contributed by atoms with van der Waals surface area (Å²) >= 11 is 0. The van der Waals surface area contributed by atoms with E-state index in [1.807, 2.05) is 6.07 Å². The quantitative estimate of drug-likeness (QED) is 0.763. The Balaban J connectivity index is 1.76. The molecular weight excluding hydrogens is 382 g/mol. The highest BCUT2D eigenvalue weighted by molar-refractivity contribution is 5.95. The maximum Gasteiger partial charge on any atom is 0.251 e. The second-order valence-electron chi connectivity index (χ2n) is 8.35. The third-order valence-electron chi connectivity index (χ3n) is 6.20. The molecule has 0 radical (unpaired) electrons. The normalized spacial score (nSPS) is 26.8. The second kappa shape index (κ2) is 11.5. The van der Waals surface area contributed by atoms with Crippen LogP contribution in [-0.4, -0.2) is 87.0 Å². The SMILES string of the molecule is COc1cc2cc(c1OC)CCC[C@@H](O)CCN1CCCN(CCCNC2=O)CC1. The standard InChI is InChI=1S/C23H37N3O4/c1-29-21-17-19-16-18(22(21)30-2)6-3-7-20(27)8-13-26-12-5-11-25(14-15-26)10-4-9-24-23(19)28/h16-17,20,27H,3-15H2,1-2H3,(H,24,28)/t20-/m1/s1. The van der Waals surface area contributed by atoms with E-state index >= 15 is 0 Å². The van der Waals surface area contributed by atoms with E-state index in [9.17, 15) is 9.90 Å².